The lowest BCUT2D eigenvalue weighted by molar-refractivity contribution is 0.0999. The smallest absolute Gasteiger partial charge is 0.168 e. The number of halogens is 2. The molecule has 0 radical (unpaired) electrons. The second-order valence-corrected chi connectivity index (χ2v) is 4.05. The summed E-state index contributed by atoms with van der Waals surface area (Å²) >= 11 is 6.00. The monoisotopic (exact) mass is 220 g/mol. The number of carbonyl (C=O) groups excluding carboxylic acids is 1. The van der Waals surface area contributed by atoms with Gasteiger partial charge in [0, 0.05) is 33.3 Å². The van der Waals surface area contributed by atoms with Crippen molar-refractivity contribution in [3.8, 4) is 0 Å². The molecule has 3 heteroatoms. The Kier molecular flexibility index (Phi) is 1.65. The molecular formula is C12H6ClFO. The molecule has 0 saturated heterocycles. The second-order valence-electron chi connectivity index (χ2n) is 3.64. The normalized spacial score (nSPS) is 13.9. The van der Waals surface area contributed by atoms with E-state index in [1.165, 1.54) is 6.07 Å². The van der Waals surface area contributed by atoms with Crippen LogP contribution in [0.15, 0.2) is 24.3 Å². The Morgan fingerprint density at radius 1 is 1.20 bits per heavy atom. The molecule has 1 aliphatic carbocycles. The fourth-order valence-corrected chi connectivity index (χ4v) is 2.34. The van der Waals surface area contributed by atoms with E-state index >= 15 is 0 Å². The van der Waals surface area contributed by atoms with Gasteiger partial charge in [-0.25, -0.2) is 4.39 Å². The van der Waals surface area contributed by atoms with Gasteiger partial charge in [-0.2, -0.15) is 0 Å². The van der Waals surface area contributed by atoms with Gasteiger partial charge in [-0.3, -0.25) is 4.79 Å². The zero-order valence-corrected chi connectivity index (χ0v) is 8.44. The molecule has 0 aliphatic heterocycles. The molecular weight excluding hydrogens is 215 g/mol. The zero-order chi connectivity index (χ0) is 10.6. The number of carbonyl (C=O) groups is 1. The number of rotatable bonds is 0. The van der Waals surface area contributed by atoms with Crippen LogP contribution >= 0.6 is 11.6 Å². The SMILES string of the molecule is O=C1Cc2c(F)ccc3c(Cl)ccc1c23. The van der Waals surface area contributed by atoms with E-state index < -0.39 is 0 Å². The van der Waals surface area contributed by atoms with E-state index in [9.17, 15) is 9.18 Å². The molecule has 0 heterocycles. The first kappa shape index (κ1) is 8.86. The Hall–Kier alpha value is -1.41. The average Bonchev–Trinajstić information content (AvgIpc) is 2.54. The van der Waals surface area contributed by atoms with Crippen molar-refractivity contribution in [2.75, 3.05) is 0 Å². The lowest BCUT2D eigenvalue weighted by Crippen LogP contribution is -1.94. The Morgan fingerprint density at radius 2 is 2.00 bits per heavy atom. The standard InChI is InChI=1S/C12H6ClFO/c13-9-3-1-7-11(15)5-8-10(14)4-2-6(9)12(7)8/h1-4H,5H2. The Morgan fingerprint density at radius 3 is 2.80 bits per heavy atom. The molecule has 2 aromatic carbocycles. The van der Waals surface area contributed by atoms with Gasteiger partial charge in [-0.15, -0.1) is 0 Å². The van der Waals surface area contributed by atoms with Crippen LogP contribution in [0.4, 0.5) is 4.39 Å². The minimum absolute atomic E-state index is 0.0308. The lowest BCUT2D eigenvalue weighted by Gasteiger charge is -2.03. The number of benzene rings is 2. The van der Waals surface area contributed by atoms with Crippen LogP contribution in [0, 0.1) is 5.82 Å². The molecule has 0 aromatic heterocycles. The van der Waals surface area contributed by atoms with Crippen molar-refractivity contribution >= 4 is 28.2 Å². The van der Waals surface area contributed by atoms with Crippen LogP contribution in [-0.4, -0.2) is 5.78 Å². The quantitative estimate of drug-likeness (QED) is 0.665. The third-order valence-electron chi connectivity index (χ3n) is 2.82. The van der Waals surface area contributed by atoms with E-state index in [1.54, 1.807) is 18.2 Å². The molecule has 1 nitrogen and oxygen atoms in total. The van der Waals surface area contributed by atoms with Gasteiger partial charge in [-0.1, -0.05) is 11.6 Å². The summed E-state index contributed by atoms with van der Waals surface area (Å²) in [6.45, 7) is 0. The lowest BCUT2D eigenvalue weighted by atomic mass is 10.0. The van der Waals surface area contributed by atoms with Crippen LogP contribution < -0.4 is 0 Å². The highest BCUT2D eigenvalue weighted by molar-refractivity contribution is 6.36. The molecule has 0 saturated carbocycles. The fourth-order valence-electron chi connectivity index (χ4n) is 2.12. The minimum atomic E-state index is -0.322. The van der Waals surface area contributed by atoms with Crippen LogP contribution in [0.2, 0.25) is 5.02 Å². The van der Waals surface area contributed by atoms with Gasteiger partial charge in [0.05, 0.1) is 0 Å². The highest BCUT2D eigenvalue weighted by Crippen LogP contribution is 2.35. The summed E-state index contributed by atoms with van der Waals surface area (Å²) in [5, 5.41) is 2.01. The summed E-state index contributed by atoms with van der Waals surface area (Å²) in [6.07, 6.45) is 0.152. The molecule has 0 N–H and O–H groups in total. The average molecular weight is 221 g/mol. The van der Waals surface area contributed by atoms with Crippen LogP contribution in [0.3, 0.4) is 0 Å². The van der Waals surface area contributed by atoms with Gasteiger partial charge in [0.25, 0.3) is 0 Å². The van der Waals surface area contributed by atoms with Gasteiger partial charge in [0.15, 0.2) is 5.78 Å². The Balaban J connectivity index is 2.59. The summed E-state index contributed by atoms with van der Waals surface area (Å²) < 4.78 is 13.5. The molecule has 2 aromatic rings. The molecule has 1 aliphatic rings. The molecule has 0 amide bonds. The van der Waals surface area contributed by atoms with Crippen molar-refractivity contribution in [2.45, 2.75) is 6.42 Å². The van der Waals surface area contributed by atoms with E-state index in [-0.39, 0.29) is 18.0 Å². The van der Waals surface area contributed by atoms with Crippen molar-refractivity contribution in [2.24, 2.45) is 0 Å². The van der Waals surface area contributed by atoms with Gasteiger partial charge < -0.3 is 0 Å². The highest BCUT2D eigenvalue weighted by Gasteiger charge is 2.25. The van der Waals surface area contributed by atoms with Crippen molar-refractivity contribution in [3.05, 3.63) is 46.2 Å². The summed E-state index contributed by atoms with van der Waals surface area (Å²) in [6, 6.07) is 6.34. The number of ketones is 1. The number of hydrogen-bond donors (Lipinski definition) is 0. The maximum Gasteiger partial charge on any atom is 0.168 e. The predicted octanol–water partition coefficient (Wildman–Crippen LogP) is 3.37. The van der Waals surface area contributed by atoms with Gasteiger partial charge >= 0.3 is 0 Å². The summed E-state index contributed by atoms with van der Waals surface area (Å²) in [4.78, 5) is 11.6. The fraction of sp³-hybridized carbons (Fsp3) is 0.0833. The largest absolute Gasteiger partial charge is 0.294 e. The predicted molar refractivity (Wildman–Crippen MR) is 57.0 cm³/mol. The third-order valence-corrected chi connectivity index (χ3v) is 3.15. The van der Waals surface area contributed by atoms with E-state index in [0.717, 1.165) is 5.39 Å². The molecule has 74 valence electrons. The number of Topliss-reactive ketones (excluding diaryl/α,β-unsaturated/α-hetero) is 1. The van der Waals surface area contributed by atoms with Crippen molar-refractivity contribution in [1.82, 2.24) is 0 Å². The summed E-state index contributed by atoms with van der Waals surface area (Å²) in [7, 11) is 0. The second kappa shape index (κ2) is 2.80. The topological polar surface area (TPSA) is 17.1 Å². The zero-order valence-electron chi connectivity index (χ0n) is 7.68. The molecule has 3 rings (SSSR count). The van der Waals surface area contributed by atoms with Crippen LogP contribution in [-0.2, 0) is 6.42 Å². The van der Waals surface area contributed by atoms with Crippen LogP contribution in [0.5, 0.6) is 0 Å². The molecule has 0 unspecified atom stereocenters. The van der Waals surface area contributed by atoms with E-state index in [4.69, 9.17) is 11.6 Å². The van der Waals surface area contributed by atoms with Crippen LogP contribution in [0.25, 0.3) is 10.8 Å². The highest BCUT2D eigenvalue weighted by atomic mass is 35.5. The minimum Gasteiger partial charge on any atom is -0.294 e. The Bertz CT molecular complexity index is 604. The summed E-state index contributed by atoms with van der Waals surface area (Å²) in [5.41, 5.74) is 1.07. The van der Waals surface area contributed by atoms with Crippen LogP contribution in [0.1, 0.15) is 15.9 Å². The van der Waals surface area contributed by atoms with Gasteiger partial charge in [-0.05, 0) is 24.3 Å². The molecule has 15 heavy (non-hydrogen) atoms. The van der Waals surface area contributed by atoms with E-state index in [0.29, 0.717) is 21.5 Å². The first-order valence-corrected chi connectivity index (χ1v) is 4.99. The molecule has 0 bridgehead atoms. The maximum absolute atomic E-state index is 13.5. The summed E-state index contributed by atoms with van der Waals surface area (Å²) in [5.74, 6) is -0.353. The van der Waals surface area contributed by atoms with Crippen molar-refractivity contribution in [1.29, 1.82) is 0 Å². The first-order valence-electron chi connectivity index (χ1n) is 4.61. The Labute approximate surface area is 90.5 Å². The van der Waals surface area contributed by atoms with E-state index in [2.05, 4.69) is 0 Å². The molecule has 0 spiro atoms. The van der Waals surface area contributed by atoms with Gasteiger partial charge in [0.1, 0.15) is 5.82 Å². The first-order chi connectivity index (χ1) is 7.18. The number of hydrogen-bond acceptors (Lipinski definition) is 1. The third kappa shape index (κ3) is 1.05. The van der Waals surface area contributed by atoms with Gasteiger partial charge in [0.2, 0.25) is 0 Å². The molecule has 0 atom stereocenters. The molecule has 0 fully saturated rings. The maximum atomic E-state index is 13.5. The van der Waals surface area contributed by atoms with E-state index in [1.807, 2.05) is 0 Å². The van der Waals surface area contributed by atoms with Crippen molar-refractivity contribution < 1.29 is 9.18 Å². The van der Waals surface area contributed by atoms with Crippen molar-refractivity contribution in [3.63, 3.8) is 0 Å².